The summed E-state index contributed by atoms with van der Waals surface area (Å²) in [5, 5.41) is 26.8. The molecule has 0 atom stereocenters. The van der Waals surface area contributed by atoms with E-state index in [0.717, 1.165) is 6.07 Å². The largest absolute Gasteiger partial charge is 0.501 e. The number of carbonyl (C=O) groups excluding carboxylic acids is 1. The van der Waals surface area contributed by atoms with Gasteiger partial charge in [0.05, 0.1) is 22.7 Å². The molecule has 0 spiro atoms. The molecular weight excluding hydrogens is 314 g/mol. The summed E-state index contributed by atoms with van der Waals surface area (Å²) in [5.41, 5.74) is 0.485. The maximum Gasteiger partial charge on any atom is 0.314 e. The summed E-state index contributed by atoms with van der Waals surface area (Å²) < 4.78 is 4.95. The number of aromatic nitrogens is 1. The molecular formula is C13H12ClN3O5. The number of nitro benzene ring substituents is 1. The van der Waals surface area contributed by atoms with Crippen LogP contribution in [0.25, 0.3) is 0 Å². The third kappa shape index (κ3) is 3.17. The van der Waals surface area contributed by atoms with Crippen molar-refractivity contribution in [1.29, 1.82) is 0 Å². The van der Waals surface area contributed by atoms with Gasteiger partial charge in [-0.2, -0.15) is 0 Å². The summed E-state index contributed by atoms with van der Waals surface area (Å²) in [7, 11) is 0. The molecule has 0 aliphatic heterocycles. The lowest BCUT2D eigenvalue weighted by Crippen LogP contribution is -2.15. The number of phenolic OH excluding ortho intramolecular Hbond substituents is 1. The Morgan fingerprint density at radius 2 is 2.18 bits per heavy atom. The number of nitrogens with one attached hydrogen (secondary N) is 1. The third-order valence-corrected chi connectivity index (χ3v) is 3.26. The Balaban J connectivity index is 2.24. The molecule has 0 unspecified atom stereocenters. The van der Waals surface area contributed by atoms with E-state index in [9.17, 15) is 20.0 Å². The molecule has 1 aromatic heterocycles. The van der Waals surface area contributed by atoms with Gasteiger partial charge < -0.3 is 14.9 Å². The molecule has 0 saturated heterocycles. The molecule has 2 rings (SSSR count). The van der Waals surface area contributed by atoms with Crippen LogP contribution < -0.4 is 5.32 Å². The van der Waals surface area contributed by atoms with Crippen LogP contribution in [0.5, 0.6) is 5.75 Å². The van der Waals surface area contributed by atoms with Gasteiger partial charge in [0.25, 0.3) is 0 Å². The minimum atomic E-state index is -0.787. The minimum Gasteiger partial charge on any atom is -0.501 e. The van der Waals surface area contributed by atoms with Gasteiger partial charge in [0, 0.05) is 16.7 Å². The lowest BCUT2D eigenvalue weighted by molar-refractivity contribution is -0.385. The van der Waals surface area contributed by atoms with E-state index < -0.39 is 22.3 Å². The molecule has 2 N–H and O–H groups in total. The highest BCUT2D eigenvalue weighted by molar-refractivity contribution is 6.31. The first kappa shape index (κ1) is 15.8. The van der Waals surface area contributed by atoms with Crippen molar-refractivity contribution in [3.8, 4) is 5.75 Å². The lowest BCUT2D eigenvalue weighted by atomic mass is 10.1. The molecule has 1 amide bonds. The van der Waals surface area contributed by atoms with Crippen LogP contribution >= 0.6 is 11.6 Å². The molecule has 116 valence electrons. The van der Waals surface area contributed by atoms with E-state index in [2.05, 4.69) is 10.5 Å². The predicted molar refractivity (Wildman–Crippen MR) is 78.1 cm³/mol. The summed E-state index contributed by atoms with van der Waals surface area (Å²) in [6.45, 7) is 3.37. The van der Waals surface area contributed by atoms with Crippen molar-refractivity contribution in [2.75, 3.05) is 5.32 Å². The number of nitro groups is 1. The molecule has 0 saturated carbocycles. The number of hydrogen-bond acceptors (Lipinski definition) is 6. The summed E-state index contributed by atoms with van der Waals surface area (Å²) in [4.78, 5) is 22.0. The van der Waals surface area contributed by atoms with Crippen LogP contribution in [0.4, 0.5) is 11.4 Å². The first-order chi connectivity index (χ1) is 10.3. The van der Waals surface area contributed by atoms with Crippen LogP contribution in [0, 0.1) is 24.0 Å². The fourth-order valence-electron chi connectivity index (χ4n) is 1.93. The van der Waals surface area contributed by atoms with Crippen LogP contribution in [0.15, 0.2) is 16.7 Å². The van der Waals surface area contributed by atoms with Gasteiger partial charge in [-0.25, -0.2) is 0 Å². The Hall–Kier alpha value is -2.61. The number of nitrogens with zero attached hydrogens (tertiary/aromatic N) is 2. The molecule has 1 aromatic carbocycles. The molecule has 0 aliphatic rings. The van der Waals surface area contributed by atoms with Crippen molar-refractivity contribution in [1.82, 2.24) is 5.16 Å². The average Bonchev–Trinajstić information content (AvgIpc) is 2.74. The van der Waals surface area contributed by atoms with Gasteiger partial charge in [0.2, 0.25) is 11.7 Å². The van der Waals surface area contributed by atoms with Gasteiger partial charge >= 0.3 is 5.69 Å². The smallest absolute Gasteiger partial charge is 0.314 e. The van der Waals surface area contributed by atoms with E-state index in [1.807, 2.05) is 0 Å². The first-order valence-electron chi connectivity index (χ1n) is 6.18. The lowest BCUT2D eigenvalue weighted by Gasteiger charge is -2.08. The Kier molecular flexibility index (Phi) is 4.32. The predicted octanol–water partition coefficient (Wildman–Crippen LogP) is 2.74. The van der Waals surface area contributed by atoms with E-state index in [1.54, 1.807) is 13.8 Å². The van der Waals surface area contributed by atoms with Gasteiger partial charge in [-0.15, -0.1) is 0 Å². The number of rotatable bonds is 4. The SMILES string of the molecule is Cc1noc(C)c1CC(=O)Nc1cc(Cl)cc([N+](=O)[O-])c1O. The summed E-state index contributed by atoms with van der Waals surface area (Å²) in [6, 6.07) is 2.23. The zero-order valence-corrected chi connectivity index (χ0v) is 12.5. The van der Waals surface area contributed by atoms with Gasteiger partial charge in [-0.3, -0.25) is 14.9 Å². The molecule has 8 nitrogen and oxygen atoms in total. The zero-order valence-electron chi connectivity index (χ0n) is 11.7. The summed E-state index contributed by atoms with van der Waals surface area (Å²) in [5.74, 6) is -0.628. The fraction of sp³-hybridized carbons (Fsp3) is 0.231. The maximum absolute atomic E-state index is 12.0. The standard InChI is InChI=1S/C13H12ClN3O5/c1-6-9(7(2)22-16-6)5-12(18)15-10-3-8(14)4-11(13(10)19)17(20)21/h3-4,19H,5H2,1-2H3,(H,15,18). The van der Waals surface area contributed by atoms with E-state index >= 15 is 0 Å². The first-order valence-corrected chi connectivity index (χ1v) is 6.56. The Labute approximate surface area is 129 Å². The van der Waals surface area contributed by atoms with Crippen LogP contribution in [-0.4, -0.2) is 21.1 Å². The van der Waals surface area contributed by atoms with Crippen LogP contribution in [0.3, 0.4) is 0 Å². The van der Waals surface area contributed by atoms with Gasteiger partial charge in [0.15, 0.2) is 0 Å². The van der Waals surface area contributed by atoms with E-state index in [4.69, 9.17) is 16.1 Å². The van der Waals surface area contributed by atoms with Crippen LogP contribution in [0.2, 0.25) is 5.02 Å². The molecule has 0 fully saturated rings. The molecule has 2 aromatic rings. The van der Waals surface area contributed by atoms with E-state index in [-0.39, 0.29) is 17.1 Å². The average molecular weight is 326 g/mol. The second-order valence-electron chi connectivity index (χ2n) is 4.61. The Morgan fingerprint density at radius 1 is 1.50 bits per heavy atom. The number of amides is 1. The van der Waals surface area contributed by atoms with E-state index in [0.29, 0.717) is 17.0 Å². The number of phenols is 1. The number of halogens is 1. The number of hydrogen-bond donors (Lipinski definition) is 2. The molecule has 22 heavy (non-hydrogen) atoms. The molecule has 1 heterocycles. The maximum atomic E-state index is 12.0. The van der Waals surface area contributed by atoms with Gasteiger partial charge in [0.1, 0.15) is 5.76 Å². The molecule has 0 bridgehead atoms. The number of aryl methyl sites for hydroxylation is 2. The van der Waals surface area contributed by atoms with E-state index in [1.165, 1.54) is 6.07 Å². The number of benzene rings is 1. The van der Waals surface area contributed by atoms with Crippen molar-refractivity contribution >= 4 is 28.9 Å². The van der Waals surface area contributed by atoms with Crippen molar-refractivity contribution < 1.29 is 19.3 Å². The molecule has 0 radical (unpaired) electrons. The van der Waals surface area contributed by atoms with Gasteiger partial charge in [-0.1, -0.05) is 16.8 Å². The van der Waals surface area contributed by atoms with Crippen molar-refractivity contribution in [2.45, 2.75) is 20.3 Å². The highest BCUT2D eigenvalue weighted by atomic mass is 35.5. The number of carbonyl (C=O) groups is 1. The second-order valence-corrected chi connectivity index (χ2v) is 5.04. The normalized spacial score (nSPS) is 10.5. The topological polar surface area (TPSA) is 119 Å². The Bertz CT molecular complexity index is 737. The highest BCUT2D eigenvalue weighted by Gasteiger charge is 2.21. The third-order valence-electron chi connectivity index (χ3n) is 3.04. The van der Waals surface area contributed by atoms with Crippen LogP contribution in [0.1, 0.15) is 17.0 Å². The van der Waals surface area contributed by atoms with Crippen molar-refractivity contribution in [3.05, 3.63) is 44.3 Å². The monoisotopic (exact) mass is 325 g/mol. The minimum absolute atomic E-state index is 0.0251. The zero-order chi connectivity index (χ0) is 16.4. The fourth-order valence-corrected chi connectivity index (χ4v) is 2.14. The van der Waals surface area contributed by atoms with Gasteiger partial charge in [-0.05, 0) is 19.9 Å². The van der Waals surface area contributed by atoms with Crippen LogP contribution in [-0.2, 0) is 11.2 Å². The number of anilines is 1. The summed E-state index contributed by atoms with van der Waals surface area (Å²) >= 11 is 5.75. The quantitative estimate of drug-likeness (QED) is 0.507. The Morgan fingerprint density at radius 3 is 2.73 bits per heavy atom. The highest BCUT2D eigenvalue weighted by Crippen LogP contribution is 2.37. The second kappa shape index (κ2) is 6.02. The summed E-state index contributed by atoms with van der Waals surface area (Å²) in [6.07, 6.45) is -0.0408. The molecule has 0 aliphatic carbocycles. The molecule has 9 heteroatoms. The number of aromatic hydroxyl groups is 1. The van der Waals surface area contributed by atoms with Crippen molar-refractivity contribution in [3.63, 3.8) is 0 Å². The van der Waals surface area contributed by atoms with Crippen molar-refractivity contribution in [2.24, 2.45) is 0 Å².